The lowest BCUT2D eigenvalue weighted by atomic mass is 9.78. The molecule has 0 amide bonds. The van der Waals surface area contributed by atoms with Crippen molar-refractivity contribution in [2.45, 2.75) is 19.8 Å². The van der Waals surface area contributed by atoms with Gasteiger partial charge in [-0.3, -0.25) is 0 Å². The molecule has 0 N–H and O–H groups in total. The van der Waals surface area contributed by atoms with Crippen LogP contribution < -0.4 is 0 Å². The van der Waals surface area contributed by atoms with Crippen molar-refractivity contribution in [3.05, 3.63) is 24.3 Å². The smallest absolute Gasteiger partial charge is 0.0226 e. The van der Waals surface area contributed by atoms with Crippen LogP contribution in [0, 0.1) is 23.7 Å². The van der Waals surface area contributed by atoms with Crippen molar-refractivity contribution in [2.24, 2.45) is 23.7 Å². The molecule has 0 spiro atoms. The second-order valence-electron chi connectivity index (χ2n) is 4.46. The molecule has 1 heteroatoms. The maximum absolute atomic E-state index is 5.83. The van der Waals surface area contributed by atoms with Crippen LogP contribution in [0.3, 0.4) is 0 Å². The van der Waals surface area contributed by atoms with Crippen LogP contribution in [0.4, 0.5) is 0 Å². The third kappa shape index (κ3) is 1.46. The topological polar surface area (TPSA) is 0 Å². The highest BCUT2D eigenvalue weighted by Gasteiger charge is 2.43. The molecule has 13 heavy (non-hydrogen) atoms. The van der Waals surface area contributed by atoms with Crippen molar-refractivity contribution in [1.29, 1.82) is 0 Å². The van der Waals surface area contributed by atoms with E-state index < -0.39 is 0 Å². The van der Waals surface area contributed by atoms with Gasteiger partial charge in [0.15, 0.2) is 0 Å². The van der Waals surface area contributed by atoms with Gasteiger partial charge in [-0.25, -0.2) is 0 Å². The number of halogens is 1. The fourth-order valence-electron chi connectivity index (χ4n) is 3.18. The lowest BCUT2D eigenvalue weighted by Gasteiger charge is -2.27. The van der Waals surface area contributed by atoms with Crippen molar-refractivity contribution in [3.63, 3.8) is 0 Å². The summed E-state index contributed by atoms with van der Waals surface area (Å²) in [6, 6.07) is 0. The molecule has 0 aromatic rings. The molecule has 4 atom stereocenters. The molecule has 1 fully saturated rings. The summed E-state index contributed by atoms with van der Waals surface area (Å²) in [6.07, 6.45) is 7.28. The Morgan fingerprint density at radius 1 is 1.46 bits per heavy atom. The first kappa shape index (κ1) is 9.33. The van der Waals surface area contributed by atoms with E-state index in [1.807, 2.05) is 0 Å². The minimum Gasteiger partial charge on any atom is -0.127 e. The quantitative estimate of drug-likeness (QED) is 0.478. The van der Waals surface area contributed by atoms with Crippen molar-refractivity contribution in [3.8, 4) is 0 Å². The molecule has 2 aliphatic rings. The van der Waals surface area contributed by atoms with E-state index in [2.05, 4.69) is 25.7 Å². The van der Waals surface area contributed by atoms with E-state index in [0.29, 0.717) is 5.92 Å². The van der Waals surface area contributed by atoms with Crippen molar-refractivity contribution in [1.82, 2.24) is 0 Å². The molecular weight excluding hydrogens is 180 g/mol. The van der Waals surface area contributed by atoms with Crippen LogP contribution >= 0.6 is 11.6 Å². The van der Waals surface area contributed by atoms with Gasteiger partial charge in [0.05, 0.1) is 0 Å². The van der Waals surface area contributed by atoms with Crippen LogP contribution in [-0.2, 0) is 0 Å². The largest absolute Gasteiger partial charge is 0.127 e. The van der Waals surface area contributed by atoms with E-state index in [0.717, 1.165) is 30.1 Å². The molecule has 2 aliphatic carbocycles. The highest BCUT2D eigenvalue weighted by molar-refractivity contribution is 6.17. The summed E-state index contributed by atoms with van der Waals surface area (Å²) in [5.74, 6) is 3.87. The average molecular weight is 197 g/mol. The highest BCUT2D eigenvalue weighted by atomic mass is 35.5. The Labute approximate surface area is 85.7 Å². The Balaban J connectivity index is 2.15. The Morgan fingerprint density at radius 3 is 2.77 bits per heavy atom. The summed E-state index contributed by atoms with van der Waals surface area (Å²) in [5.41, 5.74) is 1.35. The molecule has 72 valence electrons. The lowest BCUT2D eigenvalue weighted by Crippen LogP contribution is -2.20. The fraction of sp³-hybridized carbons (Fsp3) is 0.667. The summed E-state index contributed by atoms with van der Waals surface area (Å²) in [6.45, 7) is 6.28. The number of hydrogen-bond acceptors (Lipinski definition) is 0. The minimum absolute atomic E-state index is 0.716. The molecule has 0 aliphatic heterocycles. The van der Waals surface area contributed by atoms with Crippen LogP contribution in [0.1, 0.15) is 19.8 Å². The Hall–Kier alpha value is -0.230. The van der Waals surface area contributed by atoms with Crippen LogP contribution in [0.25, 0.3) is 0 Å². The first-order valence-electron chi connectivity index (χ1n) is 5.13. The first-order valence-corrected chi connectivity index (χ1v) is 5.67. The average Bonchev–Trinajstić information content (AvgIpc) is 2.63. The predicted octanol–water partition coefficient (Wildman–Crippen LogP) is 3.63. The molecule has 1 saturated carbocycles. The molecule has 0 aromatic carbocycles. The van der Waals surface area contributed by atoms with Gasteiger partial charge >= 0.3 is 0 Å². The normalized spacial score (nSPS) is 41.4. The molecule has 0 saturated heterocycles. The number of fused-ring (bicyclic) bond motifs is 2. The second-order valence-corrected chi connectivity index (χ2v) is 4.84. The highest BCUT2D eigenvalue weighted by Crippen LogP contribution is 2.51. The van der Waals surface area contributed by atoms with Gasteiger partial charge in [0.1, 0.15) is 0 Å². The van der Waals surface area contributed by atoms with E-state index >= 15 is 0 Å². The molecule has 4 unspecified atom stereocenters. The van der Waals surface area contributed by atoms with Gasteiger partial charge in [-0.2, -0.15) is 0 Å². The predicted molar refractivity (Wildman–Crippen MR) is 57.9 cm³/mol. The van der Waals surface area contributed by atoms with Crippen LogP contribution in [0.2, 0.25) is 0 Å². The van der Waals surface area contributed by atoms with Crippen LogP contribution in [0.5, 0.6) is 0 Å². The monoisotopic (exact) mass is 196 g/mol. The van der Waals surface area contributed by atoms with E-state index in [9.17, 15) is 0 Å². The lowest BCUT2D eigenvalue weighted by molar-refractivity contribution is 0.345. The van der Waals surface area contributed by atoms with E-state index in [1.165, 1.54) is 12.0 Å². The third-order valence-electron chi connectivity index (χ3n) is 3.63. The second kappa shape index (κ2) is 3.49. The summed E-state index contributed by atoms with van der Waals surface area (Å²) in [4.78, 5) is 0. The number of alkyl halides is 1. The maximum Gasteiger partial charge on any atom is 0.0226 e. The van der Waals surface area contributed by atoms with Crippen LogP contribution in [0.15, 0.2) is 24.3 Å². The van der Waals surface area contributed by atoms with Crippen molar-refractivity contribution < 1.29 is 0 Å². The third-order valence-corrected chi connectivity index (χ3v) is 3.85. The summed E-state index contributed by atoms with van der Waals surface area (Å²) < 4.78 is 0. The van der Waals surface area contributed by atoms with E-state index in [-0.39, 0.29) is 0 Å². The van der Waals surface area contributed by atoms with Gasteiger partial charge < -0.3 is 0 Å². The molecule has 0 heterocycles. The Bertz CT molecular complexity index is 242. The van der Waals surface area contributed by atoms with E-state index in [1.54, 1.807) is 0 Å². The molecule has 2 rings (SSSR count). The maximum atomic E-state index is 5.83. The Kier molecular flexibility index (Phi) is 2.51. The van der Waals surface area contributed by atoms with Gasteiger partial charge in [-0.1, -0.05) is 24.3 Å². The van der Waals surface area contributed by atoms with Gasteiger partial charge in [0, 0.05) is 5.88 Å². The molecule has 2 bridgehead atoms. The van der Waals surface area contributed by atoms with Gasteiger partial charge in [0.25, 0.3) is 0 Å². The zero-order valence-electron chi connectivity index (χ0n) is 8.17. The van der Waals surface area contributed by atoms with Crippen LogP contribution in [-0.4, -0.2) is 5.88 Å². The van der Waals surface area contributed by atoms with Crippen molar-refractivity contribution in [2.75, 3.05) is 5.88 Å². The zero-order chi connectivity index (χ0) is 9.42. The number of allylic oxidation sites excluding steroid dienone is 3. The van der Waals surface area contributed by atoms with Gasteiger partial charge in [-0.05, 0) is 43.4 Å². The number of rotatable bonds is 3. The minimum atomic E-state index is 0.716. The zero-order valence-corrected chi connectivity index (χ0v) is 8.93. The molecular formula is C12H17Cl. The summed E-state index contributed by atoms with van der Waals surface area (Å²) >= 11 is 5.83. The molecule has 0 radical (unpaired) electrons. The summed E-state index contributed by atoms with van der Waals surface area (Å²) in [5, 5.41) is 0. The van der Waals surface area contributed by atoms with Crippen molar-refractivity contribution >= 4 is 11.6 Å². The fourth-order valence-corrected chi connectivity index (χ4v) is 3.43. The molecule has 0 nitrogen and oxygen atoms in total. The Morgan fingerprint density at radius 2 is 2.15 bits per heavy atom. The van der Waals surface area contributed by atoms with Gasteiger partial charge in [0.2, 0.25) is 0 Å². The SMILES string of the molecule is C=C(C)C1C2C=CC(C2)C1CCCl. The molecule has 0 aromatic heterocycles. The number of hydrogen-bond donors (Lipinski definition) is 0. The first-order chi connectivity index (χ1) is 6.24. The van der Waals surface area contributed by atoms with E-state index in [4.69, 9.17) is 11.6 Å². The standard InChI is InChI=1S/C12H17Cl/c1-8(2)12-10-4-3-9(7-10)11(12)5-6-13/h3-4,9-12H,1,5-7H2,2H3. The summed E-state index contributed by atoms with van der Waals surface area (Å²) in [7, 11) is 0. The van der Waals surface area contributed by atoms with Gasteiger partial charge in [-0.15, -0.1) is 11.6 Å².